The summed E-state index contributed by atoms with van der Waals surface area (Å²) in [6, 6.07) is 32.0. The van der Waals surface area contributed by atoms with Gasteiger partial charge in [-0.05, 0) is 35.4 Å². The van der Waals surface area contributed by atoms with Gasteiger partial charge in [-0.3, -0.25) is 4.68 Å². The number of benzene rings is 3. The standard InChI is InChI=1S/C34H32N4OS/c1-4-10-28(11-5-1)34(29-12-6-2-7-13-29,30-14-8-3-9-15-30)38-23-27(18-36-38)31-19-35-33(40-31)39-32-25-16-24-17-26(32)22-37(20-24)21-25/h1-15,18-19,23-26,32H,16-17,20-22H2/t24?,25-,26-,32?/m0/s1. The van der Waals surface area contributed by atoms with E-state index in [1.165, 1.54) is 32.5 Å². The van der Waals surface area contributed by atoms with Gasteiger partial charge in [0.2, 0.25) is 0 Å². The molecule has 40 heavy (non-hydrogen) atoms. The first-order chi connectivity index (χ1) is 19.8. The average Bonchev–Trinajstić information content (AvgIpc) is 3.67. The number of hydrogen-bond acceptors (Lipinski definition) is 5. The van der Waals surface area contributed by atoms with E-state index in [9.17, 15) is 0 Å². The van der Waals surface area contributed by atoms with Crippen LogP contribution in [0.4, 0.5) is 0 Å². The second-order valence-electron chi connectivity index (χ2n) is 11.6. The van der Waals surface area contributed by atoms with Crippen LogP contribution in [0.5, 0.6) is 5.19 Å². The maximum atomic E-state index is 6.63. The number of piperidine rings is 3. The van der Waals surface area contributed by atoms with Crippen molar-refractivity contribution in [3.63, 3.8) is 0 Å². The molecule has 4 fully saturated rings. The van der Waals surface area contributed by atoms with Crippen molar-refractivity contribution in [3.8, 4) is 15.6 Å². The molecular formula is C34H32N4OS. The molecule has 0 amide bonds. The molecule has 3 aromatic carbocycles. The van der Waals surface area contributed by atoms with Gasteiger partial charge in [0, 0.05) is 49.4 Å². The zero-order valence-corrected chi connectivity index (χ0v) is 23.2. The lowest BCUT2D eigenvalue weighted by Gasteiger charge is -2.55. The van der Waals surface area contributed by atoms with E-state index in [1.54, 1.807) is 11.3 Å². The smallest absolute Gasteiger partial charge is 0.274 e. The summed E-state index contributed by atoms with van der Waals surface area (Å²) in [7, 11) is 0. The lowest BCUT2D eigenvalue weighted by Crippen LogP contribution is -2.61. The van der Waals surface area contributed by atoms with Gasteiger partial charge < -0.3 is 9.64 Å². The zero-order valence-electron chi connectivity index (χ0n) is 22.3. The van der Waals surface area contributed by atoms with E-state index in [0.29, 0.717) is 17.9 Å². The Kier molecular flexibility index (Phi) is 5.85. The minimum Gasteiger partial charge on any atom is -0.466 e. The minimum absolute atomic E-state index is 0.302. The Bertz CT molecular complexity index is 1470. The molecule has 0 N–H and O–H groups in total. The van der Waals surface area contributed by atoms with Crippen molar-refractivity contribution in [1.29, 1.82) is 0 Å². The van der Waals surface area contributed by atoms with Crippen molar-refractivity contribution in [1.82, 2.24) is 19.7 Å². The fourth-order valence-corrected chi connectivity index (χ4v) is 8.47. The molecule has 2 aromatic heterocycles. The van der Waals surface area contributed by atoms with Crippen LogP contribution in [0.15, 0.2) is 110 Å². The summed E-state index contributed by atoms with van der Waals surface area (Å²) < 4.78 is 8.75. The number of aromatic nitrogens is 3. The third-order valence-electron chi connectivity index (χ3n) is 9.21. The molecule has 5 aromatic rings. The van der Waals surface area contributed by atoms with Crippen LogP contribution in [0.1, 0.15) is 29.5 Å². The van der Waals surface area contributed by atoms with Gasteiger partial charge in [0.15, 0.2) is 0 Å². The van der Waals surface area contributed by atoms with Gasteiger partial charge in [-0.1, -0.05) is 102 Å². The molecule has 6 heteroatoms. The fraction of sp³-hybridized carbons (Fsp3) is 0.294. The monoisotopic (exact) mass is 544 g/mol. The van der Waals surface area contributed by atoms with Crippen LogP contribution < -0.4 is 4.74 Å². The highest BCUT2D eigenvalue weighted by molar-refractivity contribution is 7.16. The van der Waals surface area contributed by atoms with E-state index in [4.69, 9.17) is 14.8 Å². The molecule has 4 aliphatic rings. The topological polar surface area (TPSA) is 43.2 Å². The zero-order chi connectivity index (χ0) is 26.5. The second kappa shape index (κ2) is 9.72. The Balaban J connectivity index is 1.17. The number of thiazole rings is 1. The van der Waals surface area contributed by atoms with E-state index in [2.05, 4.69) is 107 Å². The molecule has 2 atom stereocenters. The quantitative estimate of drug-likeness (QED) is 0.218. The number of rotatable bonds is 7. The van der Waals surface area contributed by atoms with Crippen LogP contribution in [-0.4, -0.2) is 45.4 Å². The Labute approximate surface area is 239 Å². The predicted octanol–water partition coefficient (Wildman–Crippen LogP) is 6.57. The van der Waals surface area contributed by atoms with Gasteiger partial charge in [-0.25, -0.2) is 4.98 Å². The minimum atomic E-state index is -0.623. The largest absolute Gasteiger partial charge is 0.466 e. The Morgan fingerprint density at radius 2 is 1.30 bits per heavy atom. The molecule has 1 saturated carbocycles. The van der Waals surface area contributed by atoms with Gasteiger partial charge >= 0.3 is 0 Å². The first kappa shape index (κ1) is 24.1. The van der Waals surface area contributed by atoms with Gasteiger partial charge in [0.25, 0.3) is 5.19 Å². The van der Waals surface area contributed by atoms with Crippen molar-refractivity contribution >= 4 is 11.3 Å². The molecular weight excluding hydrogens is 512 g/mol. The lowest BCUT2D eigenvalue weighted by molar-refractivity contribution is -0.0985. The molecule has 0 unspecified atom stereocenters. The second-order valence-corrected chi connectivity index (χ2v) is 12.6. The summed E-state index contributed by atoms with van der Waals surface area (Å²) in [5.74, 6) is 2.16. The summed E-state index contributed by atoms with van der Waals surface area (Å²) in [5.41, 5.74) is 3.91. The van der Waals surface area contributed by atoms with Crippen molar-refractivity contribution < 1.29 is 4.74 Å². The molecule has 0 spiro atoms. The van der Waals surface area contributed by atoms with Gasteiger partial charge in [0.1, 0.15) is 11.6 Å². The molecule has 0 radical (unpaired) electrons. The van der Waals surface area contributed by atoms with E-state index < -0.39 is 5.54 Å². The van der Waals surface area contributed by atoms with Crippen molar-refractivity contribution in [2.45, 2.75) is 24.5 Å². The Morgan fingerprint density at radius 1 is 0.725 bits per heavy atom. The van der Waals surface area contributed by atoms with Gasteiger partial charge in [-0.15, -0.1) is 0 Å². The fourth-order valence-electron chi connectivity index (χ4n) is 7.69. The first-order valence-electron chi connectivity index (χ1n) is 14.3. The Morgan fingerprint density at radius 3 is 1.85 bits per heavy atom. The van der Waals surface area contributed by atoms with Crippen LogP contribution in [0, 0.1) is 17.8 Å². The lowest BCUT2D eigenvalue weighted by atomic mass is 9.66. The van der Waals surface area contributed by atoms with Crippen LogP contribution in [0.2, 0.25) is 0 Å². The molecule has 5 heterocycles. The Hall–Kier alpha value is -3.74. The normalized spacial score (nSPS) is 25.2. The molecule has 9 rings (SSSR count). The van der Waals surface area contributed by atoms with E-state index in [1.807, 2.05) is 12.4 Å². The highest BCUT2D eigenvalue weighted by atomic mass is 32.1. The number of nitrogens with zero attached hydrogens (tertiary/aromatic N) is 4. The van der Waals surface area contributed by atoms with E-state index in [-0.39, 0.29) is 0 Å². The van der Waals surface area contributed by atoms with Crippen LogP contribution in [0.25, 0.3) is 10.4 Å². The molecule has 4 bridgehead atoms. The molecule has 3 saturated heterocycles. The van der Waals surface area contributed by atoms with E-state index >= 15 is 0 Å². The van der Waals surface area contributed by atoms with Crippen LogP contribution >= 0.6 is 11.3 Å². The van der Waals surface area contributed by atoms with Crippen LogP contribution in [0.3, 0.4) is 0 Å². The van der Waals surface area contributed by atoms with Gasteiger partial charge in [-0.2, -0.15) is 5.10 Å². The maximum Gasteiger partial charge on any atom is 0.274 e. The summed E-state index contributed by atoms with van der Waals surface area (Å²) in [5, 5.41) is 5.82. The third kappa shape index (κ3) is 3.93. The molecule has 200 valence electrons. The van der Waals surface area contributed by atoms with Crippen molar-refractivity contribution in [2.75, 3.05) is 19.6 Å². The molecule has 5 nitrogen and oxygen atoms in total. The van der Waals surface area contributed by atoms with Crippen molar-refractivity contribution in [3.05, 3.63) is 126 Å². The number of hydrogen-bond donors (Lipinski definition) is 0. The molecule has 1 aliphatic carbocycles. The summed E-state index contributed by atoms with van der Waals surface area (Å²) >= 11 is 1.64. The summed E-state index contributed by atoms with van der Waals surface area (Å²) in [6.45, 7) is 3.66. The van der Waals surface area contributed by atoms with Crippen molar-refractivity contribution in [2.24, 2.45) is 17.8 Å². The summed E-state index contributed by atoms with van der Waals surface area (Å²) in [4.78, 5) is 8.46. The molecule has 3 aliphatic heterocycles. The predicted molar refractivity (Wildman–Crippen MR) is 159 cm³/mol. The van der Waals surface area contributed by atoms with E-state index in [0.717, 1.165) is 38.2 Å². The maximum absolute atomic E-state index is 6.63. The number of ether oxygens (including phenoxy) is 1. The first-order valence-corrected chi connectivity index (χ1v) is 15.2. The highest BCUT2D eigenvalue weighted by Gasteiger charge is 2.49. The SMILES string of the molecule is c1ccc(C(c2ccccc2)(c2ccccc2)n2cc(-c3cnc(OC4[C@H]5CC6C[C@H]4CN(C6)C5)s3)cn2)cc1. The van der Waals surface area contributed by atoms with Crippen LogP contribution in [-0.2, 0) is 5.54 Å². The van der Waals surface area contributed by atoms with Gasteiger partial charge in [0.05, 0.1) is 11.1 Å². The third-order valence-corrected chi connectivity index (χ3v) is 10.1. The average molecular weight is 545 g/mol. The summed E-state index contributed by atoms with van der Waals surface area (Å²) in [6.07, 6.45) is 9.01. The highest BCUT2D eigenvalue weighted by Crippen LogP contribution is 2.46.